The normalized spacial score (nSPS) is 16.0. The topological polar surface area (TPSA) is 15.7 Å². The first kappa shape index (κ1) is 19.8. The summed E-state index contributed by atoms with van der Waals surface area (Å²) in [6.07, 6.45) is 3.62. The van der Waals surface area contributed by atoms with Gasteiger partial charge in [-0.25, -0.2) is 4.39 Å². The molecule has 1 heterocycles. The van der Waals surface area contributed by atoms with Crippen LogP contribution in [0.3, 0.4) is 0 Å². The first-order valence-corrected chi connectivity index (χ1v) is 9.90. The third-order valence-corrected chi connectivity index (χ3v) is 5.52. The molecule has 2 aromatic carbocycles. The molecule has 0 spiro atoms. The highest BCUT2D eigenvalue weighted by Crippen LogP contribution is 2.20. The van der Waals surface area contributed by atoms with Crippen LogP contribution in [0.4, 0.5) is 4.39 Å². The summed E-state index contributed by atoms with van der Waals surface area (Å²) in [5, 5.41) is 0. The number of piperidine rings is 1. The molecule has 27 heavy (non-hydrogen) atoms. The lowest BCUT2D eigenvalue weighted by Crippen LogP contribution is -2.38. The van der Waals surface area contributed by atoms with Gasteiger partial charge in [-0.2, -0.15) is 0 Å². The van der Waals surface area contributed by atoms with Crippen molar-refractivity contribution in [2.24, 2.45) is 5.92 Å². The van der Waals surface area contributed by atoms with Crippen molar-refractivity contribution in [1.29, 1.82) is 0 Å². The Morgan fingerprint density at radius 2 is 1.63 bits per heavy atom. The molecule has 1 fully saturated rings. The van der Waals surface area contributed by atoms with E-state index in [2.05, 4.69) is 29.0 Å². The van der Waals surface area contributed by atoms with E-state index in [9.17, 15) is 4.39 Å². The summed E-state index contributed by atoms with van der Waals surface area (Å²) >= 11 is 0. The van der Waals surface area contributed by atoms with Crippen LogP contribution in [0, 0.1) is 11.7 Å². The van der Waals surface area contributed by atoms with Crippen LogP contribution < -0.4 is 4.74 Å². The molecular formula is C23H31FN2O. The Labute approximate surface area is 162 Å². The van der Waals surface area contributed by atoms with E-state index in [1.807, 2.05) is 24.3 Å². The quantitative estimate of drug-likeness (QED) is 0.692. The minimum Gasteiger partial charge on any atom is -0.497 e. The molecule has 0 bridgehead atoms. The van der Waals surface area contributed by atoms with Gasteiger partial charge in [-0.3, -0.25) is 0 Å². The highest BCUT2D eigenvalue weighted by molar-refractivity contribution is 5.27. The maximum atomic E-state index is 13.0. The minimum absolute atomic E-state index is 0.164. The molecule has 0 atom stereocenters. The molecule has 3 rings (SSSR count). The molecule has 1 aliphatic rings. The van der Waals surface area contributed by atoms with Crippen LogP contribution >= 0.6 is 0 Å². The molecular weight excluding hydrogens is 339 g/mol. The number of methoxy groups -OCH3 is 1. The predicted molar refractivity (Wildman–Crippen MR) is 109 cm³/mol. The van der Waals surface area contributed by atoms with Gasteiger partial charge in [0, 0.05) is 19.6 Å². The van der Waals surface area contributed by atoms with Crippen molar-refractivity contribution in [3.05, 3.63) is 65.5 Å². The molecule has 1 aliphatic heterocycles. The van der Waals surface area contributed by atoms with E-state index in [1.54, 1.807) is 19.2 Å². The average molecular weight is 371 g/mol. The fraction of sp³-hybridized carbons (Fsp3) is 0.478. The largest absolute Gasteiger partial charge is 0.497 e. The second-order valence-electron chi connectivity index (χ2n) is 7.71. The lowest BCUT2D eigenvalue weighted by molar-refractivity contribution is 0.153. The number of nitrogens with zero attached hydrogens (tertiary/aromatic N) is 2. The zero-order valence-corrected chi connectivity index (χ0v) is 16.5. The molecule has 1 saturated heterocycles. The number of benzene rings is 2. The van der Waals surface area contributed by atoms with Crippen molar-refractivity contribution < 1.29 is 9.13 Å². The van der Waals surface area contributed by atoms with E-state index in [4.69, 9.17) is 4.74 Å². The summed E-state index contributed by atoms with van der Waals surface area (Å²) in [4.78, 5) is 4.95. The summed E-state index contributed by atoms with van der Waals surface area (Å²) in [5.41, 5.74) is 2.55. The Hall–Kier alpha value is -1.91. The highest BCUT2D eigenvalue weighted by Gasteiger charge is 2.20. The summed E-state index contributed by atoms with van der Waals surface area (Å²) in [6, 6.07) is 15.3. The van der Waals surface area contributed by atoms with Gasteiger partial charge in [0.2, 0.25) is 0 Å². The molecule has 0 amide bonds. The van der Waals surface area contributed by atoms with Crippen molar-refractivity contribution in [2.45, 2.75) is 25.8 Å². The first-order valence-electron chi connectivity index (χ1n) is 9.90. The Morgan fingerprint density at radius 3 is 2.26 bits per heavy atom. The monoisotopic (exact) mass is 370 g/mol. The van der Waals surface area contributed by atoms with Gasteiger partial charge in [0.1, 0.15) is 11.6 Å². The van der Waals surface area contributed by atoms with E-state index in [0.29, 0.717) is 0 Å². The molecule has 0 saturated carbocycles. The number of halogens is 1. The standard InChI is InChI=1S/C23H31FN2O/c1-25(17-20-3-7-22(24)8-4-20)18-21-12-15-26(16-13-21)14-11-19-5-9-23(27-2)10-6-19/h3-10,21H,11-18H2,1-2H3. The van der Waals surface area contributed by atoms with Crippen molar-refractivity contribution in [3.8, 4) is 5.75 Å². The van der Waals surface area contributed by atoms with Gasteiger partial charge < -0.3 is 14.5 Å². The predicted octanol–water partition coefficient (Wildman–Crippen LogP) is 4.22. The molecule has 146 valence electrons. The molecule has 0 aromatic heterocycles. The van der Waals surface area contributed by atoms with Crippen LogP contribution in [0.25, 0.3) is 0 Å². The van der Waals surface area contributed by atoms with Gasteiger partial charge in [0.05, 0.1) is 7.11 Å². The van der Waals surface area contributed by atoms with Crippen LogP contribution in [-0.2, 0) is 13.0 Å². The zero-order chi connectivity index (χ0) is 19.1. The number of rotatable bonds is 8. The molecule has 0 N–H and O–H groups in total. The molecule has 0 aliphatic carbocycles. The number of likely N-dealkylation sites (tertiary alicyclic amines) is 1. The highest BCUT2D eigenvalue weighted by atomic mass is 19.1. The number of ether oxygens (including phenoxy) is 1. The Bertz CT molecular complexity index is 679. The van der Waals surface area contributed by atoms with Gasteiger partial charge in [-0.05, 0) is 80.7 Å². The van der Waals surface area contributed by atoms with Crippen LogP contribution in [0.5, 0.6) is 5.75 Å². The Morgan fingerprint density at radius 1 is 1.00 bits per heavy atom. The summed E-state index contributed by atoms with van der Waals surface area (Å²) in [7, 11) is 3.87. The van der Waals surface area contributed by atoms with Gasteiger partial charge >= 0.3 is 0 Å². The van der Waals surface area contributed by atoms with E-state index in [1.165, 1.54) is 37.1 Å². The van der Waals surface area contributed by atoms with E-state index in [-0.39, 0.29) is 5.82 Å². The SMILES string of the molecule is COc1ccc(CCN2CCC(CN(C)Cc3ccc(F)cc3)CC2)cc1. The maximum absolute atomic E-state index is 13.0. The Kier molecular flexibility index (Phi) is 7.25. The summed E-state index contributed by atoms with van der Waals surface area (Å²) < 4.78 is 18.2. The van der Waals surface area contributed by atoms with Crippen LogP contribution in [0.15, 0.2) is 48.5 Å². The zero-order valence-electron chi connectivity index (χ0n) is 16.5. The van der Waals surface area contributed by atoms with Gasteiger partial charge in [-0.1, -0.05) is 24.3 Å². The number of hydrogen-bond acceptors (Lipinski definition) is 3. The second-order valence-corrected chi connectivity index (χ2v) is 7.71. The van der Waals surface area contributed by atoms with Gasteiger partial charge in [0.15, 0.2) is 0 Å². The van der Waals surface area contributed by atoms with Crippen LogP contribution in [0.1, 0.15) is 24.0 Å². The minimum atomic E-state index is -0.164. The lowest BCUT2D eigenvalue weighted by atomic mass is 9.95. The molecule has 0 unspecified atom stereocenters. The molecule has 2 aromatic rings. The third kappa shape index (κ3) is 6.33. The molecule has 3 nitrogen and oxygen atoms in total. The van der Waals surface area contributed by atoms with Crippen molar-refractivity contribution >= 4 is 0 Å². The van der Waals surface area contributed by atoms with Crippen LogP contribution in [0.2, 0.25) is 0 Å². The Balaban J connectivity index is 1.36. The van der Waals surface area contributed by atoms with Gasteiger partial charge in [-0.15, -0.1) is 0 Å². The summed E-state index contributed by atoms with van der Waals surface area (Å²) in [5.74, 6) is 1.51. The maximum Gasteiger partial charge on any atom is 0.123 e. The average Bonchev–Trinajstić information content (AvgIpc) is 2.69. The fourth-order valence-corrected chi connectivity index (χ4v) is 3.88. The fourth-order valence-electron chi connectivity index (χ4n) is 3.88. The van der Waals surface area contributed by atoms with Crippen LogP contribution in [-0.4, -0.2) is 50.1 Å². The second kappa shape index (κ2) is 9.86. The molecule has 4 heteroatoms. The van der Waals surface area contributed by atoms with Gasteiger partial charge in [0.25, 0.3) is 0 Å². The smallest absolute Gasteiger partial charge is 0.123 e. The van der Waals surface area contributed by atoms with E-state index < -0.39 is 0 Å². The number of hydrogen-bond donors (Lipinski definition) is 0. The lowest BCUT2D eigenvalue weighted by Gasteiger charge is -2.34. The van der Waals surface area contributed by atoms with Crippen molar-refractivity contribution in [1.82, 2.24) is 9.80 Å². The van der Waals surface area contributed by atoms with E-state index >= 15 is 0 Å². The van der Waals surface area contributed by atoms with Crippen molar-refractivity contribution in [3.63, 3.8) is 0 Å². The third-order valence-electron chi connectivity index (χ3n) is 5.52. The first-order chi connectivity index (χ1) is 13.1. The van der Waals surface area contributed by atoms with E-state index in [0.717, 1.165) is 37.7 Å². The van der Waals surface area contributed by atoms with Crippen molar-refractivity contribution in [2.75, 3.05) is 40.3 Å². The summed E-state index contributed by atoms with van der Waals surface area (Å²) in [6.45, 7) is 5.50. The molecule has 0 radical (unpaired) electrons.